The second-order valence-corrected chi connectivity index (χ2v) is 6.88. The molecule has 0 radical (unpaired) electrons. The molecule has 1 aromatic heterocycles. The van der Waals surface area contributed by atoms with E-state index in [-0.39, 0.29) is 5.69 Å². The van der Waals surface area contributed by atoms with Gasteiger partial charge in [0, 0.05) is 5.56 Å². The minimum atomic E-state index is -3.75. The van der Waals surface area contributed by atoms with Crippen LogP contribution in [0.3, 0.4) is 0 Å². The molecule has 0 aliphatic carbocycles. The Bertz CT molecular complexity index is 759. The predicted octanol–water partition coefficient (Wildman–Crippen LogP) is 1.96. The molecule has 0 unspecified atom stereocenters. The first-order chi connectivity index (χ1) is 9.77. The van der Waals surface area contributed by atoms with Crippen LogP contribution >= 0.6 is 0 Å². The highest BCUT2D eigenvalue weighted by atomic mass is 32.2. The number of rotatable bonds is 5. The number of carbonyl (C=O) groups is 1. The summed E-state index contributed by atoms with van der Waals surface area (Å²) in [4.78, 5) is 14.7. The summed E-state index contributed by atoms with van der Waals surface area (Å²) >= 11 is 0. The highest BCUT2D eigenvalue weighted by Gasteiger charge is 2.21. The fraction of sp³-hybridized carbons (Fsp3) is 0.286. The predicted molar refractivity (Wildman–Crippen MR) is 76.5 cm³/mol. The summed E-state index contributed by atoms with van der Waals surface area (Å²) in [5.74, 6) is -2.04. The smallest absolute Gasteiger partial charge is 0.318 e. The first-order valence-electron chi connectivity index (χ1n) is 6.22. The van der Waals surface area contributed by atoms with Crippen molar-refractivity contribution in [3.63, 3.8) is 0 Å². The Morgan fingerprint density at radius 2 is 1.86 bits per heavy atom. The number of aliphatic carboxylic acids is 1. The zero-order valence-corrected chi connectivity index (χ0v) is 12.5. The van der Waals surface area contributed by atoms with Crippen molar-refractivity contribution in [3.05, 3.63) is 41.3 Å². The third-order valence-electron chi connectivity index (χ3n) is 2.89. The van der Waals surface area contributed by atoms with Crippen LogP contribution in [0.5, 0.6) is 0 Å². The van der Waals surface area contributed by atoms with Crippen molar-refractivity contribution < 1.29 is 22.7 Å². The van der Waals surface area contributed by atoms with E-state index in [1.807, 2.05) is 31.2 Å². The van der Waals surface area contributed by atoms with Crippen LogP contribution in [0.25, 0.3) is 11.5 Å². The van der Waals surface area contributed by atoms with Gasteiger partial charge in [0.2, 0.25) is 5.89 Å². The van der Waals surface area contributed by atoms with Gasteiger partial charge < -0.3 is 9.52 Å². The zero-order valence-electron chi connectivity index (χ0n) is 11.7. The van der Waals surface area contributed by atoms with Gasteiger partial charge >= 0.3 is 5.97 Å². The van der Waals surface area contributed by atoms with E-state index < -0.39 is 27.3 Å². The van der Waals surface area contributed by atoms with Gasteiger partial charge in [0.25, 0.3) is 0 Å². The minimum Gasteiger partial charge on any atom is -0.480 e. The lowest BCUT2D eigenvalue weighted by molar-refractivity contribution is -0.134. The number of hydrogen-bond acceptors (Lipinski definition) is 5. The maximum absolute atomic E-state index is 11.7. The fourth-order valence-electron chi connectivity index (χ4n) is 1.83. The summed E-state index contributed by atoms with van der Waals surface area (Å²) in [6.45, 7) is 3.56. The first kappa shape index (κ1) is 15.2. The molecule has 6 nitrogen and oxygen atoms in total. The molecule has 0 saturated carbocycles. The van der Waals surface area contributed by atoms with Crippen molar-refractivity contribution >= 4 is 15.8 Å². The average molecular weight is 309 g/mol. The van der Waals surface area contributed by atoms with Gasteiger partial charge in [-0.05, 0) is 26.0 Å². The third-order valence-corrected chi connectivity index (χ3v) is 4.29. The average Bonchev–Trinajstić information content (AvgIpc) is 2.69. The van der Waals surface area contributed by atoms with E-state index in [2.05, 4.69) is 4.98 Å². The van der Waals surface area contributed by atoms with E-state index in [1.54, 1.807) is 6.92 Å². The molecule has 2 rings (SSSR count). The van der Waals surface area contributed by atoms with Crippen molar-refractivity contribution in [1.82, 2.24) is 4.98 Å². The molecule has 0 fully saturated rings. The maximum Gasteiger partial charge on any atom is 0.318 e. The van der Waals surface area contributed by atoms with Crippen LogP contribution in [-0.2, 0) is 20.4 Å². The summed E-state index contributed by atoms with van der Waals surface area (Å²) in [5, 5.41) is 8.58. The first-order valence-corrected chi connectivity index (χ1v) is 8.04. The molecule has 0 aliphatic heterocycles. The maximum atomic E-state index is 11.7. The highest BCUT2D eigenvalue weighted by molar-refractivity contribution is 7.91. The van der Waals surface area contributed by atoms with Crippen molar-refractivity contribution in [2.45, 2.75) is 19.6 Å². The van der Waals surface area contributed by atoms with E-state index >= 15 is 0 Å². The second-order valence-electron chi connectivity index (χ2n) is 4.81. The lowest BCUT2D eigenvalue weighted by Crippen LogP contribution is -2.17. The normalized spacial score (nSPS) is 11.5. The minimum absolute atomic E-state index is 0.242. The Balaban J connectivity index is 2.27. The van der Waals surface area contributed by atoms with Crippen LogP contribution in [-0.4, -0.2) is 30.2 Å². The van der Waals surface area contributed by atoms with Crippen LogP contribution in [0.2, 0.25) is 0 Å². The van der Waals surface area contributed by atoms with Gasteiger partial charge in [0.15, 0.2) is 9.84 Å². The number of hydrogen-bond donors (Lipinski definition) is 1. The van der Waals surface area contributed by atoms with Crippen LogP contribution < -0.4 is 0 Å². The number of benzene rings is 1. The number of sulfone groups is 1. The molecule has 0 atom stereocenters. The van der Waals surface area contributed by atoms with Crippen molar-refractivity contribution in [2.24, 2.45) is 0 Å². The molecule has 1 N–H and O–H groups in total. The van der Waals surface area contributed by atoms with Crippen molar-refractivity contribution in [3.8, 4) is 11.5 Å². The Hall–Kier alpha value is -2.15. The zero-order chi connectivity index (χ0) is 15.6. The monoisotopic (exact) mass is 309 g/mol. The topological polar surface area (TPSA) is 97.5 Å². The Morgan fingerprint density at radius 3 is 2.43 bits per heavy atom. The van der Waals surface area contributed by atoms with Gasteiger partial charge in [-0.2, -0.15) is 0 Å². The molecule has 0 spiro atoms. The number of carboxylic acid groups (broad SMARTS) is 1. The molecule has 0 bridgehead atoms. The number of nitrogens with zero attached hydrogens (tertiary/aromatic N) is 1. The molecule has 0 amide bonds. The van der Waals surface area contributed by atoms with Crippen LogP contribution in [0.15, 0.2) is 28.7 Å². The number of aryl methyl sites for hydroxylation is 2. The van der Waals surface area contributed by atoms with Crippen LogP contribution in [0.4, 0.5) is 0 Å². The summed E-state index contributed by atoms with van der Waals surface area (Å²) in [7, 11) is -3.75. The van der Waals surface area contributed by atoms with E-state index in [0.29, 0.717) is 11.7 Å². The molecule has 0 aliphatic rings. The quantitative estimate of drug-likeness (QED) is 0.906. The van der Waals surface area contributed by atoms with E-state index in [0.717, 1.165) is 11.1 Å². The standard InChI is InChI=1S/C14H15NO5S/c1-9-3-5-11(6-4-9)14-15-12(10(2)20-14)7-21(18,19)8-13(16)17/h3-6H,7-8H2,1-2H3,(H,16,17). The summed E-state index contributed by atoms with van der Waals surface area (Å²) in [5.41, 5.74) is 2.07. The second kappa shape index (κ2) is 5.69. The summed E-state index contributed by atoms with van der Waals surface area (Å²) in [6.07, 6.45) is 0. The van der Waals surface area contributed by atoms with E-state index in [9.17, 15) is 13.2 Å². The Labute approximate surface area is 122 Å². The van der Waals surface area contributed by atoms with Crippen LogP contribution in [0.1, 0.15) is 17.0 Å². The van der Waals surface area contributed by atoms with Gasteiger partial charge in [0.1, 0.15) is 11.5 Å². The summed E-state index contributed by atoms with van der Waals surface area (Å²) in [6, 6.07) is 7.46. The van der Waals surface area contributed by atoms with Gasteiger partial charge in [-0.15, -0.1) is 0 Å². The largest absolute Gasteiger partial charge is 0.480 e. The number of oxazole rings is 1. The lowest BCUT2D eigenvalue weighted by Gasteiger charge is -1.98. The van der Waals surface area contributed by atoms with Crippen molar-refractivity contribution in [2.75, 3.05) is 5.75 Å². The Morgan fingerprint density at radius 1 is 1.24 bits per heavy atom. The summed E-state index contributed by atoms with van der Waals surface area (Å²) < 4.78 is 28.8. The molecular formula is C14H15NO5S. The SMILES string of the molecule is Cc1ccc(-c2nc(CS(=O)(=O)CC(=O)O)c(C)o2)cc1. The fourth-order valence-corrected chi connectivity index (χ4v) is 2.99. The van der Waals surface area contributed by atoms with Gasteiger partial charge in [-0.3, -0.25) is 4.79 Å². The molecule has 7 heteroatoms. The van der Waals surface area contributed by atoms with E-state index in [1.165, 1.54) is 0 Å². The molecule has 21 heavy (non-hydrogen) atoms. The third kappa shape index (κ3) is 3.91. The molecule has 2 aromatic rings. The molecule has 1 heterocycles. The molecular weight excluding hydrogens is 294 g/mol. The highest BCUT2D eigenvalue weighted by Crippen LogP contribution is 2.23. The lowest BCUT2D eigenvalue weighted by atomic mass is 10.1. The Kier molecular flexibility index (Phi) is 4.13. The van der Waals surface area contributed by atoms with Gasteiger partial charge in [-0.25, -0.2) is 13.4 Å². The number of carboxylic acids is 1. The number of aromatic nitrogens is 1. The van der Waals surface area contributed by atoms with E-state index in [4.69, 9.17) is 9.52 Å². The van der Waals surface area contributed by atoms with Crippen LogP contribution in [0, 0.1) is 13.8 Å². The molecule has 0 saturated heterocycles. The van der Waals surface area contributed by atoms with Gasteiger partial charge in [-0.1, -0.05) is 17.7 Å². The molecule has 1 aromatic carbocycles. The van der Waals surface area contributed by atoms with Gasteiger partial charge in [0.05, 0.1) is 11.4 Å². The molecule has 112 valence electrons. The van der Waals surface area contributed by atoms with Crippen molar-refractivity contribution in [1.29, 1.82) is 0 Å².